The molecule has 1 saturated heterocycles. The average molecular weight is 276 g/mol. The molecule has 2 unspecified atom stereocenters. The van der Waals surface area contributed by atoms with Crippen LogP contribution in [-0.2, 0) is 4.74 Å². The third kappa shape index (κ3) is 2.27. The minimum absolute atomic E-state index is 0.0381. The van der Waals surface area contributed by atoms with Crippen molar-refractivity contribution in [2.75, 3.05) is 25.2 Å². The number of ether oxygens (including phenoxy) is 2. The number of morpholine rings is 1. The van der Waals surface area contributed by atoms with Crippen LogP contribution in [0.3, 0.4) is 0 Å². The zero-order valence-electron chi connectivity index (χ0n) is 12.3. The first-order valence-corrected chi connectivity index (χ1v) is 7.53. The number of hydrogen-bond acceptors (Lipinski definition) is 4. The standard InChI is InChI=1S/C16H24N2O2/c1-11(17)16-13(6-4-8-15(16)19-2)18-9-10-20-14-7-3-5-12(14)18/h4,6,8,11-12,14H,3,5,7,9-10,17H2,1-2H3/t11-,12?,14?/m0/s1. The zero-order valence-corrected chi connectivity index (χ0v) is 12.3. The molecule has 1 aliphatic carbocycles. The molecule has 2 aliphatic rings. The molecule has 4 nitrogen and oxygen atoms in total. The van der Waals surface area contributed by atoms with Gasteiger partial charge >= 0.3 is 0 Å². The summed E-state index contributed by atoms with van der Waals surface area (Å²) < 4.78 is 11.4. The van der Waals surface area contributed by atoms with Gasteiger partial charge < -0.3 is 20.1 Å². The number of methoxy groups -OCH3 is 1. The third-order valence-electron chi connectivity index (χ3n) is 4.51. The van der Waals surface area contributed by atoms with Crippen LogP contribution in [0, 0.1) is 0 Å². The Kier molecular flexibility index (Phi) is 3.85. The van der Waals surface area contributed by atoms with E-state index >= 15 is 0 Å². The lowest BCUT2D eigenvalue weighted by molar-refractivity contribution is 0.0255. The van der Waals surface area contributed by atoms with Crippen molar-refractivity contribution in [3.63, 3.8) is 0 Å². The highest BCUT2D eigenvalue weighted by atomic mass is 16.5. The lowest BCUT2D eigenvalue weighted by Gasteiger charge is -2.40. The number of nitrogens with zero attached hydrogens (tertiary/aromatic N) is 1. The van der Waals surface area contributed by atoms with Crippen molar-refractivity contribution in [3.05, 3.63) is 23.8 Å². The SMILES string of the molecule is COc1cccc(N2CCOC3CCCC32)c1[C@H](C)N. The third-order valence-corrected chi connectivity index (χ3v) is 4.51. The monoisotopic (exact) mass is 276 g/mol. The minimum Gasteiger partial charge on any atom is -0.496 e. The number of nitrogens with two attached hydrogens (primary N) is 1. The zero-order chi connectivity index (χ0) is 14.1. The van der Waals surface area contributed by atoms with Crippen LogP contribution >= 0.6 is 0 Å². The van der Waals surface area contributed by atoms with Crippen molar-refractivity contribution >= 4 is 5.69 Å². The van der Waals surface area contributed by atoms with E-state index in [2.05, 4.69) is 17.0 Å². The molecule has 1 aromatic carbocycles. The predicted molar refractivity (Wildman–Crippen MR) is 80.3 cm³/mol. The second-order valence-electron chi connectivity index (χ2n) is 5.78. The van der Waals surface area contributed by atoms with Crippen molar-refractivity contribution in [1.29, 1.82) is 0 Å². The van der Waals surface area contributed by atoms with Crippen LogP contribution in [0.2, 0.25) is 0 Å². The Labute approximate surface area is 120 Å². The lowest BCUT2D eigenvalue weighted by atomic mass is 10.0. The summed E-state index contributed by atoms with van der Waals surface area (Å²) in [7, 11) is 1.71. The Morgan fingerprint density at radius 2 is 2.25 bits per heavy atom. The van der Waals surface area contributed by atoms with Crippen LogP contribution in [0.15, 0.2) is 18.2 Å². The van der Waals surface area contributed by atoms with E-state index in [1.807, 2.05) is 13.0 Å². The van der Waals surface area contributed by atoms with E-state index in [1.54, 1.807) is 7.11 Å². The molecule has 3 atom stereocenters. The molecule has 110 valence electrons. The summed E-state index contributed by atoms with van der Waals surface area (Å²) in [5.74, 6) is 0.888. The highest BCUT2D eigenvalue weighted by Gasteiger charge is 2.37. The molecular weight excluding hydrogens is 252 g/mol. The van der Waals surface area contributed by atoms with Crippen molar-refractivity contribution in [1.82, 2.24) is 0 Å². The number of fused-ring (bicyclic) bond motifs is 1. The van der Waals surface area contributed by atoms with Gasteiger partial charge in [0.15, 0.2) is 0 Å². The fraction of sp³-hybridized carbons (Fsp3) is 0.625. The van der Waals surface area contributed by atoms with Gasteiger partial charge in [-0.1, -0.05) is 6.07 Å². The molecule has 4 heteroatoms. The molecular formula is C16H24N2O2. The highest BCUT2D eigenvalue weighted by Crippen LogP contribution is 2.39. The maximum absolute atomic E-state index is 6.20. The Hall–Kier alpha value is -1.26. The first-order valence-electron chi connectivity index (χ1n) is 7.53. The molecule has 0 amide bonds. The van der Waals surface area contributed by atoms with Gasteiger partial charge in [0.25, 0.3) is 0 Å². The van der Waals surface area contributed by atoms with Crippen molar-refractivity contribution in [3.8, 4) is 5.75 Å². The van der Waals surface area contributed by atoms with Crippen LogP contribution in [0.4, 0.5) is 5.69 Å². The topological polar surface area (TPSA) is 47.7 Å². The van der Waals surface area contributed by atoms with E-state index in [9.17, 15) is 0 Å². The van der Waals surface area contributed by atoms with Crippen molar-refractivity contribution in [2.45, 2.75) is 44.4 Å². The number of anilines is 1. The molecule has 0 spiro atoms. The molecule has 2 N–H and O–H groups in total. The number of rotatable bonds is 3. The Balaban J connectivity index is 2.00. The van der Waals surface area contributed by atoms with Gasteiger partial charge in [0.1, 0.15) is 5.75 Å². The fourth-order valence-corrected chi connectivity index (χ4v) is 3.64. The molecule has 1 heterocycles. The minimum atomic E-state index is -0.0381. The molecule has 1 saturated carbocycles. The van der Waals surface area contributed by atoms with Gasteiger partial charge in [-0.15, -0.1) is 0 Å². The van der Waals surface area contributed by atoms with Crippen LogP contribution < -0.4 is 15.4 Å². The van der Waals surface area contributed by atoms with Gasteiger partial charge in [0.05, 0.1) is 25.9 Å². The van der Waals surface area contributed by atoms with Gasteiger partial charge in [-0.3, -0.25) is 0 Å². The van der Waals surface area contributed by atoms with E-state index in [0.717, 1.165) is 24.5 Å². The molecule has 20 heavy (non-hydrogen) atoms. The Morgan fingerprint density at radius 3 is 3.00 bits per heavy atom. The van der Waals surface area contributed by atoms with Crippen LogP contribution in [0.25, 0.3) is 0 Å². The maximum atomic E-state index is 6.20. The van der Waals surface area contributed by atoms with Crippen LogP contribution in [0.5, 0.6) is 5.75 Å². The number of hydrogen-bond donors (Lipinski definition) is 1. The van der Waals surface area contributed by atoms with Crippen molar-refractivity contribution in [2.24, 2.45) is 5.73 Å². The summed E-state index contributed by atoms with van der Waals surface area (Å²) >= 11 is 0. The van der Waals surface area contributed by atoms with Crippen molar-refractivity contribution < 1.29 is 9.47 Å². The summed E-state index contributed by atoms with van der Waals surface area (Å²) in [6, 6.07) is 6.67. The van der Waals surface area contributed by atoms with Crippen LogP contribution in [0.1, 0.15) is 37.8 Å². The predicted octanol–water partition coefficient (Wildman–Crippen LogP) is 2.47. The van der Waals surface area contributed by atoms with E-state index in [-0.39, 0.29) is 6.04 Å². The Morgan fingerprint density at radius 1 is 1.40 bits per heavy atom. The molecule has 3 rings (SSSR count). The molecule has 2 fully saturated rings. The van der Waals surface area contributed by atoms with E-state index in [0.29, 0.717) is 12.1 Å². The second-order valence-corrected chi connectivity index (χ2v) is 5.78. The average Bonchev–Trinajstić information content (AvgIpc) is 2.94. The normalized spacial score (nSPS) is 27.2. The van der Waals surface area contributed by atoms with Gasteiger partial charge in [-0.2, -0.15) is 0 Å². The van der Waals surface area contributed by atoms with Gasteiger partial charge in [-0.05, 0) is 38.3 Å². The summed E-state index contributed by atoms with van der Waals surface area (Å²) in [5.41, 5.74) is 8.53. The summed E-state index contributed by atoms with van der Waals surface area (Å²) in [6.45, 7) is 3.76. The van der Waals surface area contributed by atoms with Gasteiger partial charge in [0, 0.05) is 23.8 Å². The van der Waals surface area contributed by atoms with E-state index < -0.39 is 0 Å². The molecule has 1 aliphatic heterocycles. The van der Waals surface area contributed by atoms with E-state index in [1.165, 1.54) is 24.9 Å². The maximum Gasteiger partial charge on any atom is 0.125 e. The van der Waals surface area contributed by atoms with Gasteiger partial charge in [-0.25, -0.2) is 0 Å². The molecule has 0 bridgehead atoms. The fourth-order valence-electron chi connectivity index (χ4n) is 3.64. The largest absolute Gasteiger partial charge is 0.496 e. The van der Waals surface area contributed by atoms with Gasteiger partial charge in [0.2, 0.25) is 0 Å². The summed E-state index contributed by atoms with van der Waals surface area (Å²) in [4.78, 5) is 2.49. The first kappa shape index (κ1) is 13.7. The molecule has 0 aromatic heterocycles. The second kappa shape index (κ2) is 5.62. The first-order chi connectivity index (χ1) is 9.72. The van der Waals surface area contributed by atoms with E-state index in [4.69, 9.17) is 15.2 Å². The van der Waals surface area contributed by atoms with Crippen LogP contribution in [-0.4, -0.2) is 32.4 Å². The highest BCUT2D eigenvalue weighted by molar-refractivity contribution is 5.61. The molecule has 1 aromatic rings. The smallest absolute Gasteiger partial charge is 0.125 e. The molecule has 0 radical (unpaired) electrons. The lowest BCUT2D eigenvalue weighted by Crippen LogP contribution is -2.49. The quantitative estimate of drug-likeness (QED) is 0.921. The number of benzene rings is 1. The summed E-state index contributed by atoms with van der Waals surface area (Å²) in [5, 5.41) is 0. The summed E-state index contributed by atoms with van der Waals surface area (Å²) in [6.07, 6.45) is 4.03. The Bertz CT molecular complexity index is 476.